The molecule has 0 saturated carbocycles. The molecule has 0 saturated heterocycles. The molecule has 1 aromatic heterocycles. The minimum Gasteiger partial charge on any atom is -0.343 e. The predicted molar refractivity (Wildman–Crippen MR) is 119 cm³/mol. The molecule has 3 nitrogen and oxygen atoms in total. The molecule has 1 aliphatic rings. The van der Waals surface area contributed by atoms with Crippen molar-refractivity contribution in [3.8, 4) is 11.4 Å². The number of aromatic nitrogens is 2. The van der Waals surface area contributed by atoms with E-state index in [1.54, 1.807) is 24.3 Å². The van der Waals surface area contributed by atoms with E-state index in [2.05, 4.69) is 22.2 Å². The standard InChI is InChI=1S/C25H21F6N3/c1-3-15-8-9-19(10-14(15)2)32-23-20-6-4-5-7-21(20)33-22(34-23)16-11-17(24(26,27)28)13-18(12-16)25(29,30)31/h4-7,10-13H,3,8-9H2,1-2H3,(H,32,33,34). The molecule has 1 N–H and O–H groups in total. The molecule has 178 valence electrons. The molecule has 3 aromatic rings. The van der Waals surface area contributed by atoms with Crippen molar-refractivity contribution in [2.75, 3.05) is 5.32 Å². The molecule has 1 heterocycles. The molecule has 4 rings (SSSR count). The van der Waals surface area contributed by atoms with Gasteiger partial charge in [0.25, 0.3) is 0 Å². The van der Waals surface area contributed by atoms with Crippen LogP contribution in [0.15, 0.2) is 65.4 Å². The van der Waals surface area contributed by atoms with Crippen molar-refractivity contribution in [2.24, 2.45) is 0 Å². The Hall–Kier alpha value is -3.36. The van der Waals surface area contributed by atoms with Gasteiger partial charge in [0.1, 0.15) is 5.82 Å². The number of nitrogens with one attached hydrogen (secondary N) is 1. The maximum Gasteiger partial charge on any atom is 0.416 e. The predicted octanol–water partition coefficient (Wildman–Crippen LogP) is 8.15. The monoisotopic (exact) mass is 477 g/mol. The molecule has 0 fully saturated rings. The third-order valence-electron chi connectivity index (χ3n) is 5.80. The van der Waals surface area contributed by atoms with Gasteiger partial charge in [-0.1, -0.05) is 30.2 Å². The van der Waals surface area contributed by atoms with Gasteiger partial charge < -0.3 is 5.32 Å². The number of halogens is 6. The van der Waals surface area contributed by atoms with E-state index in [1.165, 1.54) is 5.57 Å². The highest BCUT2D eigenvalue weighted by Crippen LogP contribution is 2.39. The van der Waals surface area contributed by atoms with Crippen LogP contribution in [0, 0.1) is 0 Å². The highest BCUT2D eigenvalue weighted by Gasteiger charge is 2.37. The van der Waals surface area contributed by atoms with Crippen molar-refractivity contribution in [1.82, 2.24) is 9.97 Å². The number of para-hydroxylation sites is 1. The van der Waals surface area contributed by atoms with E-state index < -0.39 is 23.5 Å². The molecular weight excluding hydrogens is 456 g/mol. The van der Waals surface area contributed by atoms with Gasteiger partial charge in [0.05, 0.1) is 16.6 Å². The normalized spacial score (nSPS) is 15.0. The van der Waals surface area contributed by atoms with Gasteiger partial charge in [-0.3, -0.25) is 0 Å². The molecule has 0 atom stereocenters. The lowest BCUT2D eigenvalue weighted by Gasteiger charge is -2.20. The average Bonchev–Trinajstić information content (AvgIpc) is 2.77. The lowest BCUT2D eigenvalue weighted by Crippen LogP contribution is -2.12. The molecule has 0 spiro atoms. The Balaban J connectivity index is 1.86. The third-order valence-corrected chi connectivity index (χ3v) is 5.80. The summed E-state index contributed by atoms with van der Waals surface area (Å²) in [6.07, 6.45) is -5.41. The summed E-state index contributed by atoms with van der Waals surface area (Å²) in [6, 6.07) is 8.22. The molecular formula is C25H21F6N3. The number of allylic oxidation sites excluding steroid dienone is 4. The summed E-state index contributed by atoms with van der Waals surface area (Å²) in [7, 11) is 0. The van der Waals surface area contributed by atoms with Crippen LogP contribution in [0.1, 0.15) is 44.2 Å². The fourth-order valence-electron chi connectivity index (χ4n) is 4.01. The van der Waals surface area contributed by atoms with Crippen molar-refractivity contribution in [3.63, 3.8) is 0 Å². The highest BCUT2D eigenvalue weighted by molar-refractivity contribution is 5.91. The Bertz CT molecular complexity index is 1270. The zero-order chi connectivity index (χ0) is 24.7. The fraction of sp³-hybridized carbons (Fsp3) is 0.280. The maximum absolute atomic E-state index is 13.4. The van der Waals surface area contributed by atoms with E-state index in [0.29, 0.717) is 28.9 Å². The second kappa shape index (κ2) is 8.77. The van der Waals surface area contributed by atoms with Crippen LogP contribution in [-0.2, 0) is 12.4 Å². The smallest absolute Gasteiger partial charge is 0.343 e. The summed E-state index contributed by atoms with van der Waals surface area (Å²) in [6.45, 7) is 4.09. The Morgan fingerprint density at radius 1 is 0.882 bits per heavy atom. The van der Waals surface area contributed by atoms with Crippen LogP contribution in [0.5, 0.6) is 0 Å². The van der Waals surface area contributed by atoms with Crippen molar-refractivity contribution < 1.29 is 26.3 Å². The van der Waals surface area contributed by atoms with Crippen molar-refractivity contribution >= 4 is 16.7 Å². The maximum atomic E-state index is 13.4. The number of nitrogens with zero attached hydrogens (tertiary/aromatic N) is 2. The first kappa shape index (κ1) is 23.8. The molecule has 2 aromatic carbocycles. The molecule has 0 unspecified atom stereocenters. The van der Waals surface area contributed by atoms with Gasteiger partial charge >= 0.3 is 12.4 Å². The number of hydrogen-bond donors (Lipinski definition) is 1. The number of benzene rings is 2. The number of rotatable bonds is 4. The Labute approximate surface area is 192 Å². The Kier molecular flexibility index (Phi) is 6.14. The van der Waals surface area contributed by atoms with E-state index in [4.69, 9.17) is 0 Å². The quantitative estimate of drug-likeness (QED) is 0.385. The first-order valence-corrected chi connectivity index (χ1v) is 10.7. The molecule has 0 radical (unpaired) electrons. The molecule has 0 aliphatic heterocycles. The summed E-state index contributed by atoms with van der Waals surface area (Å²) >= 11 is 0. The fourth-order valence-corrected chi connectivity index (χ4v) is 4.01. The van der Waals surface area contributed by atoms with Crippen LogP contribution in [0.2, 0.25) is 0 Å². The Morgan fingerprint density at radius 3 is 2.12 bits per heavy atom. The Morgan fingerprint density at radius 2 is 1.53 bits per heavy atom. The SMILES string of the molecule is CCC1=C(C)C=C(Nc2nc(-c3cc(C(F)(F)F)cc(C(F)(F)F)c3)nc3ccccc23)CC1. The van der Waals surface area contributed by atoms with Crippen LogP contribution < -0.4 is 5.32 Å². The first-order valence-electron chi connectivity index (χ1n) is 10.7. The zero-order valence-electron chi connectivity index (χ0n) is 18.4. The van der Waals surface area contributed by atoms with Crippen molar-refractivity contribution in [3.05, 3.63) is 76.5 Å². The minimum atomic E-state index is -4.96. The van der Waals surface area contributed by atoms with Gasteiger partial charge in [0.2, 0.25) is 0 Å². The van der Waals surface area contributed by atoms with Gasteiger partial charge in [-0.25, -0.2) is 9.97 Å². The summed E-state index contributed by atoms with van der Waals surface area (Å²) in [5.41, 5.74) is 0.546. The van der Waals surface area contributed by atoms with Gasteiger partial charge in [0, 0.05) is 16.6 Å². The minimum absolute atomic E-state index is 0.0942. The number of anilines is 1. The zero-order valence-corrected chi connectivity index (χ0v) is 18.4. The van der Waals surface area contributed by atoms with E-state index in [1.807, 2.05) is 13.0 Å². The van der Waals surface area contributed by atoms with Gasteiger partial charge in [-0.2, -0.15) is 26.3 Å². The number of alkyl halides is 6. The molecule has 0 amide bonds. The van der Waals surface area contributed by atoms with E-state index >= 15 is 0 Å². The van der Waals surface area contributed by atoms with Crippen LogP contribution in [0.4, 0.5) is 32.2 Å². The van der Waals surface area contributed by atoms with E-state index in [9.17, 15) is 26.3 Å². The first-order chi connectivity index (χ1) is 16.0. The summed E-state index contributed by atoms with van der Waals surface area (Å²) in [5.74, 6) is 0.0984. The number of hydrogen-bond acceptors (Lipinski definition) is 3. The summed E-state index contributed by atoms with van der Waals surface area (Å²) < 4.78 is 80.1. The lowest BCUT2D eigenvalue weighted by molar-refractivity contribution is -0.143. The van der Waals surface area contributed by atoms with E-state index in [0.717, 1.165) is 30.5 Å². The van der Waals surface area contributed by atoms with Crippen LogP contribution >= 0.6 is 0 Å². The second-order valence-electron chi connectivity index (χ2n) is 8.14. The second-order valence-corrected chi connectivity index (χ2v) is 8.14. The van der Waals surface area contributed by atoms with E-state index in [-0.39, 0.29) is 17.5 Å². The molecule has 9 heteroatoms. The van der Waals surface area contributed by atoms with Crippen molar-refractivity contribution in [2.45, 2.75) is 45.5 Å². The third kappa shape index (κ3) is 4.93. The lowest BCUT2D eigenvalue weighted by atomic mass is 9.94. The molecule has 34 heavy (non-hydrogen) atoms. The van der Waals surface area contributed by atoms with Crippen LogP contribution in [0.3, 0.4) is 0 Å². The van der Waals surface area contributed by atoms with Crippen LogP contribution in [0.25, 0.3) is 22.3 Å². The summed E-state index contributed by atoms with van der Waals surface area (Å²) in [5, 5.41) is 3.84. The van der Waals surface area contributed by atoms with Crippen molar-refractivity contribution in [1.29, 1.82) is 0 Å². The van der Waals surface area contributed by atoms with Gasteiger partial charge in [-0.15, -0.1) is 0 Å². The molecule has 1 aliphatic carbocycles. The largest absolute Gasteiger partial charge is 0.416 e. The topological polar surface area (TPSA) is 37.8 Å². The average molecular weight is 477 g/mol. The van der Waals surface area contributed by atoms with Gasteiger partial charge in [-0.05, 0) is 62.6 Å². The highest BCUT2D eigenvalue weighted by atomic mass is 19.4. The van der Waals surface area contributed by atoms with Crippen LogP contribution in [-0.4, -0.2) is 9.97 Å². The molecule has 0 bridgehead atoms. The number of fused-ring (bicyclic) bond motifs is 1. The summed E-state index contributed by atoms with van der Waals surface area (Å²) in [4.78, 5) is 8.63. The van der Waals surface area contributed by atoms with Gasteiger partial charge in [0.15, 0.2) is 5.82 Å².